The number of rotatable bonds is 4. The van der Waals surface area contributed by atoms with Gasteiger partial charge in [0, 0.05) is 12.2 Å². The summed E-state index contributed by atoms with van der Waals surface area (Å²) in [6, 6.07) is 2.72. The fraction of sp³-hybridized carbons (Fsp3) is 0. The summed E-state index contributed by atoms with van der Waals surface area (Å²) >= 11 is 0. The lowest BCUT2D eigenvalue weighted by Gasteiger charge is -2.11. The molecule has 0 bridgehead atoms. The van der Waals surface area contributed by atoms with Crippen molar-refractivity contribution in [2.75, 3.05) is 11.5 Å². The SMILES string of the molecule is C=CC(=O)Oc1ccc(OC(=O)C=C)c(N)c1N. The van der Waals surface area contributed by atoms with Crippen LogP contribution >= 0.6 is 0 Å². The minimum absolute atomic E-state index is 0.000405. The van der Waals surface area contributed by atoms with Gasteiger partial charge in [-0.25, -0.2) is 9.59 Å². The summed E-state index contributed by atoms with van der Waals surface area (Å²) in [5.74, 6) is -1.21. The Kier molecular flexibility index (Phi) is 4.09. The summed E-state index contributed by atoms with van der Waals surface area (Å²) < 4.78 is 9.68. The highest BCUT2D eigenvalue weighted by Gasteiger charge is 2.13. The van der Waals surface area contributed by atoms with E-state index in [2.05, 4.69) is 13.2 Å². The molecule has 0 heterocycles. The van der Waals surface area contributed by atoms with E-state index in [9.17, 15) is 9.59 Å². The number of carbonyl (C=O) groups excluding carboxylic acids is 2. The van der Waals surface area contributed by atoms with Crippen LogP contribution in [0.4, 0.5) is 11.4 Å². The first kappa shape index (κ1) is 13.3. The zero-order valence-corrected chi connectivity index (χ0v) is 9.51. The molecule has 0 aliphatic rings. The minimum Gasteiger partial charge on any atom is -0.421 e. The highest BCUT2D eigenvalue weighted by atomic mass is 16.5. The smallest absolute Gasteiger partial charge is 0.335 e. The summed E-state index contributed by atoms with van der Waals surface area (Å²) in [5, 5.41) is 0. The molecule has 6 nitrogen and oxygen atoms in total. The third-order valence-corrected chi connectivity index (χ3v) is 1.96. The third-order valence-electron chi connectivity index (χ3n) is 1.96. The maximum Gasteiger partial charge on any atom is 0.335 e. The van der Waals surface area contributed by atoms with E-state index in [1.54, 1.807) is 0 Å². The molecule has 0 unspecified atom stereocenters. The van der Waals surface area contributed by atoms with Gasteiger partial charge in [-0.15, -0.1) is 0 Å². The molecule has 4 N–H and O–H groups in total. The summed E-state index contributed by atoms with van der Waals surface area (Å²) in [6.07, 6.45) is 1.97. The summed E-state index contributed by atoms with van der Waals surface area (Å²) in [7, 11) is 0. The number of hydrogen-bond acceptors (Lipinski definition) is 6. The molecule has 0 atom stereocenters. The van der Waals surface area contributed by atoms with Gasteiger partial charge < -0.3 is 20.9 Å². The van der Waals surface area contributed by atoms with E-state index in [0.717, 1.165) is 12.2 Å². The predicted octanol–water partition coefficient (Wildman–Crippen LogP) is 1.03. The van der Waals surface area contributed by atoms with Gasteiger partial charge in [0.25, 0.3) is 0 Å². The fourth-order valence-corrected chi connectivity index (χ4v) is 1.07. The molecule has 0 aliphatic heterocycles. The fourth-order valence-electron chi connectivity index (χ4n) is 1.07. The topological polar surface area (TPSA) is 105 Å². The van der Waals surface area contributed by atoms with Crippen LogP contribution in [-0.2, 0) is 9.59 Å². The number of nitrogens with two attached hydrogens (primary N) is 2. The van der Waals surface area contributed by atoms with Gasteiger partial charge in [0.1, 0.15) is 11.4 Å². The van der Waals surface area contributed by atoms with Crippen molar-refractivity contribution in [3.05, 3.63) is 37.4 Å². The molecule has 1 rings (SSSR count). The number of ether oxygens (including phenoxy) is 2. The van der Waals surface area contributed by atoms with Crippen LogP contribution in [0.25, 0.3) is 0 Å². The van der Waals surface area contributed by atoms with Crippen molar-refractivity contribution < 1.29 is 19.1 Å². The highest BCUT2D eigenvalue weighted by Crippen LogP contribution is 2.35. The molecule has 0 aromatic heterocycles. The van der Waals surface area contributed by atoms with Gasteiger partial charge in [0.05, 0.1) is 0 Å². The Labute approximate surface area is 103 Å². The number of benzene rings is 1. The van der Waals surface area contributed by atoms with Crippen LogP contribution in [0.5, 0.6) is 11.5 Å². The average Bonchev–Trinajstić information content (AvgIpc) is 2.37. The molecule has 18 heavy (non-hydrogen) atoms. The van der Waals surface area contributed by atoms with Crippen molar-refractivity contribution in [3.63, 3.8) is 0 Å². The van der Waals surface area contributed by atoms with Crippen molar-refractivity contribution in [2.45, 2.75) is 0 Å². The molecule has 0 radical (unpaired) electrons. The first-order valence-corrected chi connectivity index (χ1v) is 4.86. The van der Waals surface area contributed by atoms with E-state index in [-0.39, 0.29) is 22.9 Å². The van der Waals surface area contributed by atoms with Crippen LogP contribution in [0.3, 0.4) is 0 Å². The van der Waals surface area contributed by atoms with Crippen LogP contribution in [0.15, 0.2) is 37.4 Å². The van der Waals surface area contributed by atoms with Crippen LogP contribution in [0, 0.1) is 0 Å². The largest absolute Gasteiger partial charge is 0.421 e. The lowest BCUT2D eigenvalue weighted by atomic mass is 10.2. The second-order valence-electron chi connectivity index (χ2n) is 3.14. The van der Waals surface area contributed by atoms with Crippen LogP contribution in [0.1, 0.15) is 0 Å². The Hall–Kier alpha value is -2.76. The van der Waals surface area contributed by atoms with Crippen molar-refractivity contribution in [1.82, 2.24) is 0 Å². The second-order valence-corrected chi connectivity index (χ2v) is 3.14. The maximum absolute atomic E-state index is 11.0. The molecule has 1 aromatic rings. The minimum atomic E-state index is -0.670. The number of esters is 2. The molecule has 94 valence electrons. The van der Waals surface area contributed by atoms with Crippen molar-refractivity contribution in [3.8, 4) is 11.5 Å². The van der Waals surface area contributed by atoms with E-state index >= 15 is 0 Å². The number of carbonyl (C=O) groups is 2. The van der Waals surface area contributed by atoms with Gasteiger partial charge in [-0.2, -0.15) is 0 Å². The third kappa shape index (κ3) is 2.88. The number of hydrogen-bond donors (Lipinski definition) is 2. The Morgan fingerprint density at radius 1 is 0.944 bits per heavy atom. The van der Waals surface area contributed by atoms with Gasteiger partial charge in [-0.1, -0.05) is 13.2 Å². The Balaban J connectivity index is 3.04. The molecule has 0 saturated carbocycles. The van der Waals surface area contributed by atoms with Gasteiger partial charge in [-0.05, 0) is 12.1 Å². The first-order chi connectivity index (χ1) is 8.49. The second kappa shape index (κ2) is 5.53. The summed E-state index contributed by atoms with van der Waals surface area (Å²) in [4.78, 5) is 22.0. The summed E-state index contributed by atoms with van der Waals surface area (Å²) in [5.41, 5.74) is 11.3. The van der Waals surface area contributed by atoms with Crippen molar-refractivity contribution in [1.29, 1.82) is 0 Å². The van der Waals surface area contributed by atoms with Crippen molar-refractivity contribution >= 4 is 23.3 Å². The molecule has 6 heteroatoms. The normalized spacial score (nSPS) is 9.33. The monoisotopic (exact) mass is 248 g/mol. The summed E-state index contributed by atoms with van der Waals surface area (Å²) in [6.45, 7) is 6.50. The molecular weight excluding hydrogens is 236 g/mol. The van der Waals surface area contributed by atoms with Gasteiger partial charge in [0.15, 0.2) is 11.5 Å². The molecule has 0 aliphatic carbocycles. The Bertz CT molecular complexity index is 476. The predicted molar refractivity (Wildman–Crippen MR) is 66.9 cm³/mol. The Morgan fingerprint density at radius 3 is 1.56 bits per heavy atom. The molecular formula is C12H12N2O4. The van der Waals surface area contributed by atoms with Crippen molar-refractivity contribution in [2.24, 2.45) is 0 Å². The van der Waals surface area contributed by atoms with Gasteiger partial charge >= 0.3 is 11.9 Å². The van der Waals surface area contributed by atoms with E-state index in [4.69, 9.17) is 20.9 Å². The van der Waals surface area contributed by atoms with Crippen LogP contribution in [-0.4, -0.2) is 11.9 Å². The van der Waals surface area contributed by atoms with E-state index < -0.39 is 11.9 Å². The van der Waals surface area contributed by atoms with E-state index in [0.29, 0.717) is 0 Å². The molecule has 0 fully saturated rings. The quantitative estimate of drug-likeness (QED) is 0.357. The van der Waals surface area contributed by atoms with Crippen LogP contribution < -0.4 is 20.9 Å². The number of anilines is 2. The van der Waals surface area contributed by atoms with E-state index in [1.165, 1.54) is 12.1 Å². The first-order valence-electron chi connectivity index (χ1n) is 4.86. The lowest BCUT2D eigenvalue weighted by Crippen LogP contribution is -2.10. The number of nitrogen functional groups attached to an aromatic ring is 2. The van der Waals surface area contributed by atoms with Gasteiger partial charge in [-0.3, -0.25) is 0 Å². The Morgan fingerprint density at radius 2 is 1.28 bits per heavy atom. The maximum atomic E-state index is 11.0. The standard InChI is InChI=1S/C12H12N2O4/c1-3-9(15)17-7-5-6-8(12(14)11(7)13)18-10(16)4-2/h3-6H,1-2,13-14H2. The molecule has 1 aromatic carbocycles. The average molecular weight is 248 g/mol. The highest BCUT2D eigenvalue weighted by molar-refractivity contribution is 5.89. The molecule has 0 saturated heterocycles. The molecule has 0 spiro atoms. The lowest BCUT2D eigenvalue weighted by molar-refractivity contribution is -0.130. The zero-order chi connectivity index (χ0) is 13.7. The zero-order valence-electron chi connectivity index (χ0n) is 9.51. The molecule has 0 amide bonds. The van der Waals surface area contributed by atoms with Crippen LogP contribution in [0.2, 0.25) is 0 Å². The van der Waals surface area contributed by atoms with Gasteiger partial charge in [0.2, 0.25) is 0 Å². The van der Waals surface area contributed by atoms with E-state index in [1.807, 2.05) is 0 Å².